The predicted octanol–water partition coefficient (Wildman–Crippen LogP) is 0.788. The normalized spacial score (nSPS) is 12.6. The molecule has 0 aliphatic carbocycles. The van der Waals surface area contributed by atoms with Crippen molar-refractivity contribution in [2.45, 2.75) is 3.79 Å². The van der Waals surface area contributed by atoms with Crippen molar-refractivity contribution in [2.24, 2.45) is 0 Å². The number of carbonyl (C=O) groups is 1. The molecule has 0 saturated carbocycles. The monoisotopic (exact) mass is 270 g/mol. The van der Waals surface area contributed by atoms with Crippen molar-refractivity contribution >= 4 is 50.9 Å². The highest BCUT2D eigenvalue weighted by Crippen LogP contribution is 2.25. The Morgan fingerprint density at radius 1 is 1.38 bits per heavy atom. The maximum Gasteiger partial charge on any atom is 0.323 e. The molecule has 0 radical (unpaired) electrons. The minimum Gasteiger partial charge on any atom is -0.460 e. The van der Waals surface area contributed by atoms with Gasteiger partial charge in [-0.2, -0.15) is 8.42 Å². The summed E-state index contributed by atoms with van der Waals surface area (Å²) in [7, 11) is -4.39. The quantitative estimate of drug-likeness (QED) is 0.466. The molecule has 0 unspecified atom stereocenters. The van der Waals surface area contributed by atoms with Gasteiger partial charge in [-0.15, -0.1) is 0 Å². The second-order valence-electron chi connectivity index (χ2n) is 2.00. The Bertz CT molecular complexity index is 279. The molecule has 1 N–H and O–H groups in total. The van der Waals surface area contributed by atoms with E-state index in [1.807, 2.05) is 0 Å². The zero-order valence-electron chi connectivity index (χ0n) is 6.04. The van der Waals surface area contributed by atoms with Crippen LogP contribution in [0.2, 0.25) is 0 Å². The van der Waals surface area contributed by atoms with Crippen LogP contribution in [0.25, 0.3) is 0 Å². The van der Waals surface area contributed by atoms with Gasteiger partial charge in [0, 0.05) is 0 Å². The van der Waals surface area contributed by atoms with Gasteiger partial charge in [0.1, 0.15) is 6.61 Å². The van der Waals surface area contributed by atoms with Gasteiger partial charge in [-0.25, -0.2) is 0 Å². The van der Waals surface area contributed by atoms with Crippen LogP contribution in [0.5, 0.6) is 0 Å². The summed E-state index contributed by atoms with van der Waals surface area (Å²) in [6, 6.07) is 0. The molecule has 0 bridgehead atoms. The molecular weight excluding hydrogens is 266 g/mol. The lowest BCUT2D eigenvalue weighted by atomic mass is 10.7. The van der Waals surface area contributed by atoms with Crippen molar-refractivity contribution in [1.82, 2.24) is 0 Å². The maximum absolute atomic E-state index is 10.6. The average molecular weight is 272 g/mol. The first-order valence-corrected chi connectivity index (χ1v) is 5.52. The van der Waals surface area contributed by atoms with Crippen LogP contribution in [0.1, 0.15) is 0 Å². The third-order valence-corrected chi connectivity index (χ3v) is 1.62. The second kappa shape index (κ2) is 4.65. The van der Waals surface area contributed by atoms with E-state index in [0.717, 1.165) is 0 Å². The van der Waals surface area contributed by atoms with Gasteiger partial charge in [0.05, 0.1) is 0 Å². The third-order valence-electron chi connectivity index (χ3n) is 0.697. The van der Waals surface area contributed by atoms with Crippen molar-refractivity contribution in [3.8, 4) is 0 Å². The number of rotatable bonds is 3. The minimum atomic E-state index is -4.39. The topological polar surface area (TPSA) is 80.7 Å². The Balaban J connectivity index is 3.92. The van der Waals surface area contributed by atoms with Crippen molar-refractivity contribution in [3.63, 3.8) is 0 Å². The van der Waals surface area contributed by atoms with Gasteiger partial charge in [-0.1, -0.05) is 34.8 Å². The van der Waals surface area contributed by atoms with Crippen LogP contribution in [0.15, 0.2) is 0 Å². The van der Waals surface area contributed by atoms with Crippen molar-refractivity contribution in [1.29, 1.82) is 0 Å². The lowest BCUT2D eigenvalue weighted by molar-refractivity contribution is -0.140. The molecule has 5 nitrogen and oxygen atoms in total. The fourth-order valence-electron chi connectivity index (χ4n) is 0.353. The summed E-state index contributed by atoms with van der Waals surface area (Å²) in [5.41, 5.74) is 0. The molecule has 0 spiro atoms. The van der Waals surface area contributed by atoms with E-state index >= 15 is 0 Å². The molecule has 0 heterocycles. The molecule has 0 aromatic rings. The molecule has 0 aromatic carbocycles. The highest BCUT2D eigenvalue weighted by atomic mass is 35.6. The summed E-state index contributed by atoms with van der Waals surface area (Å²) in [6.07, 6.45) is 0. The Hall–Kier alpha value is 0.250. The van der Waals surface area contributed by atoms with Crippen LogP contribution in [-0.4, -0.2) is 35.1 Å². The maximum atomic E-state index is 10.6. The van der Waals surface area contributed by atoms with Gasteiger partial charge in [-0.05, 0) is 0 Å². The number of carbonyl (C=O) groups excluding carboxylic acids is 1. The highest BCUT2D eigenvalue weighted by Gasteiger charge is 2.23. The average Bonchev–Trinajstić information content (AvgIpc) is 1.78. The zero-order valence-corrected chi connectivity index (χ0v) is 9.12. The van der Waals surface area contributed by atoms with Gasteiger partial charge in [-0.3, -0.25) is 9.35 Å². The Morgan fingerprint density at radius 3 is 2.15 bits per heavy atom. The number of hydrogen-bond donors (Lipinski definition) is 1. The van der Waals surface area contributed by atoms with E-state index in [9.17, 15) is 13.2 Å². The minimum absolute atomic E-state index is 0.577. The van der Waals surface area contributed by atoms with Gasteiger partial charge in [0.25, 0.3) is 10.1 Å². The predicted molar refractivity (Wildman–Crippen MR) is 47.7 cm³/mol. The number of ether oxygens (including phenoxy) is 1. The van der Waals surface area contributed by atoms with E-state index in [4.69, 9.17) is 39.4 Å². The molecule has 0 aromatic heterocycles. The van der Waals surface area contributed by atoms with Crippen LogP contribution in [0, 0.1) is 0 Å². The summed E-state index contributed by atoms with van der Waals surface area (Å²) < 4.78 is 30.8. The molecule has 0 aliphatic rings. The molecule has 0 atom stereocenters. The molecule has 0 saturated heterocycles. The van der Waals surface area contributed by atoms with E-state index in [1.54, 1.807) is 0 Å². The Labute approximate surface area is 89.6 Å². The Kier molecular flexibility index (Phi) is 4.74. The van der Waals surface area contributed by atoms with Gasteiger partial charge >= 0.3 is 5.97 Å². The molecule has 0 aliphatic heterocycles. The fourth-order valence-corrected chi connectivity index (χ4v) is 0.898. The molecular formula is C4H5Cl3O5S. The lowest BCUT2D eigenvalue weighted by Crippen LogP contribution is -2.22. The number of esters is 1. The van der Waals surface area contributed by atoms with Crippen LogP contribution in [0.3, 0.4) is 0 Å². The van der Waals surface area contributed by atoms with E-state index in [2.05, 4.69) is 4.74 Å². The first-order valence-electron chi connectivity index (χ1n) is 2.78. The van der Waals surface area contributed by atoms with Gasteiger partial charge in [0.15, 0.2) is 5.75 Å². The van der Waals surface area contributed by atoms with Crippen molar-refractivity contribution in [2.75, 3.05) is 12.4 Å². The molecule has 0 fully saturated rings. The molecule has 9 heteroatoms. The SMILES string of the molecule is O=C(CS(=O)(=O)O)OCC(Cl)(Cl)Cl. The van der Waals surface area contributed by atoms with E-state index in [0.29, 0.717) is 0 Å². The second-order valence-corrected chi connectivity index (χ2v) is 5.97. The van der Waals surface area contributed by atoms with Crippen LogP contribution in [-0.2, 0) is 19.6 Å². The first-order chi connectivity index (χ1) is 5.60. The van der Waals surface area contributed by atoms with Crippen molar-refractivity contribution in [3.05, 3.63) is 0 Å². The van der Waals surface area contributed by atoms with Crippen molar-refractivity contribution < 1.29 is 22.5 Å². The number of halogens is 3. The van der Waals surface area contributed by atoms with Crippen LogP contribution < -0.4 is 0 Å². The van der Waals surface area contributed by atoms with Gasteiger partial charge in [0.2, 0.25) is 3.79 Å². The molecule has 0 amide bonds. The van der Waals surface area contributed by atoms with E-state index in [-0.39, 0.29) is 0 Å². The summed E-state index contributed by atoms with van der Waals surface area (Å²) in [5.74, 6) is -2.35. The largest absolute Gasteiger partial charge is 0.460 e. The lowest BCUT2D eigenvalue weighted by Gasteiger charge is -2.10. The standard InChI is InChI=1S/C4H5Cl3O5S/c5-4(6,7)2-12-3(8)1-13(9,10)11/h1-2H2,(H,9,10,11). The van der Waals surface area contributed by atoms with E-state index < -0.39 is 32.2 Å². The summed E-state index contributed by atoms with van der Waals surface area (Å²) in [5, 5.41) is 0. The van der Waals surface area contributed by atoms with Gasteiger partial charge < -0.3 is 4.74 Å². The van der Waals surface area contributed by atoms with Crippen LogP contribution in [0.4, 0.5) is 0 Å². The molecule has 0 rings (SSSR count). The van der Waals surface area contributed by atoms with Crippen LogP contribution >= 0.6 is 34.8 Å². The fraction of sp³-hybridized carbons (Fsp3) is 0.750. The summed E-state index contributed by atoms with van der Waals surface area (Å²) in [6.45, 7) is -0.577. The Morgan fingerprint density at radius 2 is 1.85 bits per heavy atom. The zero-order chi connectivity index (χ0) is 10.7. The number of alkyl halides is 3. The third kappa shape index (κ3) is 10.2. The van der Waals surface area contributed by atoms with E-state index in [1.165, 1.54) is 0 Å². The molecule has 13 heavy (non-hydrogen) atoms. The smallest absolute Gasteiger partial charge is 0.323 e. The summed E-state index contributed by atoms with van der Waals surface area (Å²) in [4.78, 5) is 10.6. The number of hydrogen-bond acceptors (Lipinski definition) is 4. The highest BCUT2D eigenvalue weighted by molar-refractivity contribution is 7.86. The molecule has 78 valence electrons. The first kappa shape index (κ1) is 13.2. The summed E-state index contributed by atoms with van der Waals surface area (Å²) >= 11 is 15.6.